The van der Waals surface area contributed by atoms with Crippen molar-refractivity contribution in [1.82, 2.24) is 4.90 Å². The van der Waals surface area contributed by atoms with Crippen molar-refractivity contribution in [3.8, 4) is 11.5 Å². The number of hydrogen-bond donors (Lipinski definition) is 1. The third-order valence-electron chi connectivity index (χ3n) is 4.18. The van der Waals surface area contributed by atoms with Crippen LogP contribution in [0.3, 0.4) is 0 Å². The molecule has 3 atom stereocenters. The summed E-state index contributed by atoms with van der Waals surface area (Å²) in [6.45, 7) is 11.5. The smallest absolute Gasteiger partial charge is 0.161 e. The lowest BCUT2D eigenvalue weighted by Gasteiger charge is -2.40. The zero-order valence-electron chi connectivity index (χ0n) is 14.7. The molecule has 1 N–H and O–H groups in total. The Bertz CT molecular complexity index is 577. The van der Waals surface area contributed by atoms with Crippen molar-refractivity contribution in [3.05, 3.63) is 36.4 Å². The van der Waals surface area contributed by atoms with Gasteiger partial charge >= 0.3 is 0 Å². The first-order valence-electron chi connectivity index (χ1n) is 8.45. The number of morpholine rings is 1. The molecule has 0 saturated carbocycles. The highest BCUT2D eigenvalue weighted by atomic mass is 16.5. The molecule has 5 heteroatoms. The summed E-state index contributed by atoms with van der Waals surface area (Å²) < 4.78 is 11.3. The van der Waals surface area contributed by atoms with Crippen molar-refractivity contribution >= 4 is 5.78 Å². The summed E-state index contributed by atoms with van der Waals surface area (Å²) in [5, 5.41) is 9.93. The van der Waals surface area contributed by atoms with Gasteiger partial charge in [-0.1, -0.05) is 12.6 Å². The molecule has 5 nitrogen and oxygen atoms in total. The van der Waals surface area contributed by atoms with Crippen molar-refractivity contribution in [1.29, 1.82) is 0 Å². The Labute approximate surface area is 143 Å². The molecule has 1 heterocycles. The molecule has 1 aliphatic heterocycles. The van der Waals surface area contributed by atoms with E-state index in [1.54, 1.807) is 6.07 Å². The summed E-state index contributed by atoms with van der Waals surface area (Å²) in [6, 6.07) is 5.21. The summed E-state index contributed by atoms with van der Waals surface area (Å²) in [7, 11) is 0. The first kappa shape index (κ1) is 18.5. The van der Waals surface area contributed by atoms with E-state index < -0.39 is 0 Å². The number of allylic oxidation sites excluding steroid dienone is 1. The Morgan fingerprint density at radius 2 is 2.12 bits per heavy atom. The molecule has 1 saturated heterocycles. The van der Waals surface area contributed by atoms with E-state index in [2.05, 4.69) is 11.5 Å². The molecule has 132 valence electrons. The number of carbonyl (C=O) groups excluding carboxylic acids is 1. The van der Waals surface area contributed by atoms with E-state index in [1.165, 1.54) is 6.08 Å². The van der Waals surface area contributed by atoms with Gasteiger partial charge in [0.25, 0.3) is 0 Å². The zero-order chi connectivity index (χ0) is 17.7. The summed E-state index contributed by atoms with van der Waals surface area (Å²) in [6.07, 6.45) is 1.93. The van der Waals surface area contributed by atoms with Crippen molar-refractivity contribution in [2.24, 2.45) is 0 Å². The lowest BCUT2D eigenvalue weighted by atomic mass is 9.97. The van der Waals surface area contributed by atoms with Gasteiger partial charge in [0.05, 0.1) is 18.8 Å². The van der Waals surface area contributed by atoms with Crippen molar-refractivity contribution in [3.63, 3.8) is 0 Å². The average molecular weight is 333 g/mol. The van der Waals surface area contributed by atoms with Crippen LogP contribution in [0.15, 0.2) is 30.9 Å². The van der Waals surface area contributed by atoms with Gasteiger partial charge in [-0.3, -0.25) is 9.69 Å². The second-order valence-corrected chi connectivity index (χ2v) is 6.26. The predicted molar refractivity (Wildman–Crippen MR) is 93.4 cm³/mol. The molecule has 2 rings (SSSR count). The van der Waals surface area contributed by atoms with Crippen LogP contribution in [0.4, 0.5) is 0 Å². The molecule has 0 bridgehead atoms. The molecule has 0 aliphatic carbocycles. The van der Waals surface area contributed by atoms with Gasteiger partial charge in [-0.25, -0.2) is 0 Å². The van der Waals surface area contributed by atoms with Crippen LogP contribution in [0.5, 0.6) is 11.5 Å². The molecule has 3 unspecified atom stereocenters. The number of phenolic OH excluding ortho intramolecular Hbond substituents is 1. The number of ketones is 1. The maximum Gasteiger partial charge on any atom is 0.161 e. The van der Waals surface area contributed by atoms with Gasteiger partial charge in [-0.15, -0.1) is 0 Å². The number of ether oxygens (including phenoxy) is 2. The fraction of sp³-hybridized carbons (Fsp3) is 0.526. The fourth-order valence-corrected chi connectivity index (χ4v) is 3.21. The highest BCUT2D eigenvalue weighted by Gasteiger charge is 2.30. The van der Waals surface area contributed by atoms with Gasteiger partial charge in [-0.2, -0.15) is 0 Å². The second-order valence-electron chi connectivity index (χ2n) is 6.26. The van der Waals surface area contributed by atoms with E-state index in [0.29, 0.717) is 18.8 Å². The third-order valence-corrected chi connectivity index (χ3v) is 4.18. The first-order chi connectivity index (χ1) is 11.4. The van der Waals surface area contributed by atoms with Crippen LogP contribution in [0, 0.1) is 0 Å². The SMILES string of the molecule is C=CC(=O)CC(c1ccc(O)c(OCC)c1)N1CC(C)OC(C)C1. The van der Waals surface area contributed by atoms with Crippen LogP contribution in [-0.4, -0.2) is 47.7 Å². The molecule has 24 heavy (non-hydrogen) atoms. The monoisotopic (exact) mass is 333 g/mol. The summed E-state index contributed by atoms with van der Waals surface area (Å²) in [4.78, 5) is 14.3. The van der Waals surface area contributed by atoms with Gasteiger partial charge in [0.2, 0.25) is 0 Å². The van der Waals surface area contributed by atoms with Gasteiger partial charge in [0.1, 0.15) is 0 Å². The number of phenols is 1. The van der Waals surface area contributed by atoms with Crippen molar-refractivity contribution < 1.29 is 19.4 Å². The maximum atomic E-state index is 12.0. The minimum atomic E-state index is -0.0934. The molecule has 0 aromatic heterocycles. The third kappa shape index (κ3) is 4.58. The molecule has 1 aromatic rings. The Morgan fingerprint density at radius 1 is 1.46 bits per heavy atom. The number of carbonyl (C=O) groups is 1. The normalized spacial score (nSPS) is 22.8. The number of benzene rings is 1. The Balaban J connectivity index is 2.33. The minimum absolute atomic E-state index is 0.00201. The molecule has 0 amide bonds. The van der Waals surface area contributed by atoms with Crippen LogP contribution in [-0.2, 0) is 9.53 Å². The highest BCUT2D eigenvalue weighted by molar-refractivity contribution is 5.89. The lowest BCUT2D eigenvalue weighted by Crippen LogP contribution is -2.47. The minimum Gasteiger partial charge on any atom is -0.504 e. The summed E-state index contributed by atoms with van der Waals surface area (Å²) in [5.74, 6) is 0.552. The highest BCUT2D eigenvalue weighted by Crippen LogP contribution is 2.34. The molecule has 1 fully saturated rings. The van der Waals surface area contributed by atoms with E-state index >= 15 is 0 Å². The van der Waals surface area contributed by atoms with Gasteiger partial charge in [0, 0.05) is 25.6 Å². The quantitative estimate of drug-likeness (QED) is 0.777. The fourth-order valence-electron chi connectivity index (χ4n) is 3.21. The van der Waals surface area contributed by atoms with E-state index in [1.807, 2.05) is 32.9 Å². The molecular weight excluding hydrogens is 306 g/mol. The van der Waals surface area contributed by atoms with Crippen LogP contribution in [0.2, 0.25) is 0 Å². The standard InChI is InChI=1S/C19H27NO4/c1-5-16(21)10-17(20-11-13(3)24-14(4)12-20)15-7-8-18(22)19(9-15)23-6-2/h5,7-9,13-14,17,22H,1,6,10-12H2,2-4H3. The molecule has 0 spiro atoms. The van der Waals surface area contributed by atoms with E-state index in [-0.39, 0.29) is 29.8 Å². The van der Waals surface area contributed by atoms with E-state index in [4.69, 9.17) is 9.47 Å². The Morgan fingerprint density at radius 3 is 2.71 bits per heavy atom. The van der Waals surface area contributed by atoms with E-state index in [9.17, 15) is 9.90 Å². The summed E-state index contributed by atoms with van der Waals surface area (Å²) in [5.41, 5.74) is 0.952. The number of aromatic hydroxyl groups is 1. The van der Waals surface area contributed by atoms with Crippen LogP contribution < -0.4 is 4.74 Å². The predicted octanol–water partition coefficient (Wildman–Crippen LogP) is 3.09. The molecular formula is C19H27NO4. The number of rotatable bonds is 7. The number of nitrogens with zero attached hydrogens (tertiary/aromatic N) is 1. The van der Waals surface area contributed by atoms with E-state index in [0.717, 1.165) is 18.7 Å². The first-order valence-corrected chi connectivity index (χ1v) is 8.45. The second kappa shape index (κ2) is 8.31. The van der Waals surface area contributed by atoms with Crippen LogP contribution in [0.25, 0.3) is 0 Å². The van der Waals surface area contributed by atoms with Gasteiger partial charge in [0.15, 0.2) is 17.3 Å². The average Bonchev–Trinajstić information content (AvgIpc) is 2.54. The summed E-state index contributed by atoms with van der Waals surface area (Å²) >= 11 is 0. The molecule has 1 aliphatic rings. The van der Waals surface area contributed by atoms with Crippen LogP contribution in [0.1, 0.15) is 38.8 Å². The Kier molecular flexibility index (Phi) is 6.40. The van der Waals surface area contributed by atoms with Crippen molar-refractivity contribution in [2.75, 3.05) is 19.7 Å². The largest absolute Gasteiger partial charge is 0.504 e. The molecule has 0 radical (unpaired) electrons. The van der Waals surface area contributed by atoms with Gasteiger partial charge in [-0.05, 0) is 44.5 Å². The van der Waals surface area contributed by atoms with Crippen molar-refractivity contribution in [2.45, 2.75) is 45.4 Å². The number of hydrogen-bond acceptors (Lipinski definition) is 5. The Hall–Kier alpha value is -1.85. The van der Waals surface area contributed by atoms with Crippen LogP contribution >= 0.6 is 0 Å². The zero-order valence-corrected chi connectivity index (χ0v) is 14.7. The maximum absolute atomic E-state index is 12.0. The topological polar surface area (TPSA) is 59.0 Å². The lowest BCUT2D eigenvalue weighted by molar-refractivity contribution is -0.118. The molecule has 1 aromatic carbocycles. The van der Waals surface area contributed by atoms with Gasteiger partial charge < -0.3 is 14.6 Å².